The lowest BCUT2D eigenvalue weighted by Crippen LogP contribution is -2.01. The number of anilines is 1. The van der Waals surface area contributed by atoms with Crippen LogP contribution in [-0.4, -0.2) is 21.0 Å². The Hall–Kier alpha value is -1.51. The lowest BCUT2D eigenvalue weighted by molar-refractivity contribution is 0.0701. The number of fused-ring (bicyclic) bond motifs is 1. The lowest BCUT2D eigenvalue weighted by atomic mass is 10.2. The van der Waals surface area contributed by atoms with E-state index in [4.69, 9.17) is 0 Å². The van der Waals surface area contributed by atoms with Crippen LogP contribution >= 0.6 is 38.6 Å². The maximum atomic E-state index is 11.2. The number of thiophene rings is 2. The van der Waals surface area contributed by atoms with Gasteiger partial charge < -0.3 is 10.4 Å². The van der Waals surface area contributed by atoms with Gasteiger partial charge in [0.05, 0.1) is 15.7 Å². The number of nitrogens with one attached hydrogen (secondary N) is 1. The van der Waals surface area contributed by atoms with Crippen molar-refractivity contribution in [2.45, 2.75) is 13.5 Å². The summed E-state index contributed by atoms with van der Waals surface area (Å²) in [5.41, 5.74) is 0.706. The van der Waals surface area contributed by atoms with Crippen LogP contribution in [0.4, 0.5) is 5.82 Å². The second kappa shape index (κ2) is 5.70. The minimum atomic E-state index is -0.927. The molecule has 5 nitrogen and oxygen atoms in total. The largest absolute Gasteiger partial charge is 0.477 e. The Morgan fingerprint density at radius 2 is 2.19 bits per heavy atom. The van der Waals surface area contributed by atoms with Crippen molar-refractivity contribution in [1.29, 1.82) is 0 Å². The van der Waals surface area contributed by atoms with Gasteiger partial charge in [0, 0.05) is 4.88 Å². The molecule has 3 aromatic rings. The Morgan fingerprint density at radius 1 is 1.38 bits per heavy atom. The smallest absolute Gasteiger partial charge is 0.346 e. The van der Waals surface area contributed by atoms with Crippen molar-refractivity contribution in [3.8, 4) is 0 Å². The molecule has 0 aromatic carbocycles. The van der Waals surface area contributed by atoms with Crippen molar-refractivity contribution < 1.29 is 9.90 Å². The van der Waals surface area contributed by atoms with Gasteiger partial charge in [0.2, 0.25) is 0 Å². The van der Waals surface area contributed by atoms with E-state index in [1.165, 1.54) is 22.5 Å². The number of rotatable bonds is 4. The zero-order chi connectivity index (χ0) is 15.0. The number of carboxylic acids is 1. The van der Waals surface area contributed by atoms with E-state index >= 15 is 0 Å². The number of nitrogens with zero attached hydrogens (tertiary/aromatic N) is 2. The average molecular weight is 384 g/mol. The van der Waals surface area contributed by atoms with Crippen molar-refractivity contribution in [3.05, 3.63) is 37.6 Å². The Morgan fingerprint density at radius 3 is 2.86 bits per heavy atom. The third kappa shape index (κ3) is 2.78. The van der Waals surface area contributed by atoms with E-state index in [1.54, 1.807) is 18.3 Å². The molecule has 0 bridgehead atoms. The molecule has 21 heavy (non-hydrogen) atoms. The number of aromatic nitrogens is 2. The van der Waals surface area contributed by atoms with Gasteiger partial charge in [0.15, 0.2) is 0 Å². The van der Waals surface area contributed by atoms with E-state index in [2.05, 4.69) is 31.2 Å². The van der Waals surface area contributed by atoms with Gasteiger partial charge in [-0.3, -0.25) is 0 Å². The summed E-state index contributed by atoms with van der Waals surface area (Å²) in [6.07, 6.45) is 1.45. The maximum absolute atomic E-state index is 11.2. The summed E-state index contributed by atoms with van der Waals surface area (Å²) >= 11 is 6.25. The summed E-state index contributed by atoms with van der Waals surface area (Å²) in [6.45, 7) is 2.43. The topological polar surface area (TPSA) is 75.1 Å². The summed E-state index contributed by atoms with van der Waals surface area (Å²) in [5, 5.41) is 13.3. The quantitative estimate of drug-likeness (QED) is 0.707. The number of aryl methyl sites for hydroxylation is 1. The van der Waals surface area contributed by atoms with Crippen molar-refractivity contribution in [2.24, 2.45) is 0 Å². The fourth-order valence-electron chi connectivity index (χ4n) is 2.03. The van der Waals surface area contributed by atoms with Crippen LogP contribution in [-0.2, 0) is 6.54 Å². The summed E-state index contributed by atoms with van der Waals surface area (Å²) in [6, 6.07) is 4.03. The Bertz CT molecular complexity index is 828. The molecule has 0 unspecified atom stereocenters. The molecule has 0 radical (unpaired) electrons. The fraction of sp³-hybridized carbons (Fsp3) is 0.154. The van der Waals surface area contributed by atoms with Crippen molar-refractivity contribution >= 4 is 60.6 Å². The van der Waals surface area contributed by atoms with Gasteiger partial charge in [0.25, 0.3) is 0 Å². The van der Waals surface area contributed by atoms with E-state index in [0.29, 0.717) is 27.6 Å². The first-order valence-electron chi connectivity index (χ1n) is 6.01. The first-order chi connectivity index (χ1) is 10.1. The molecule has 0 spiro atoms. The Labute approximate surface area is 136 Å². The molecular formula is C13H10BrN3O2S2. The monoisotopic (exact) mass is 383 g/mol. The zero-order valence-corrected chi connectivity index (χ0v) is 14.1. The average Bonchev–Trinajstić information content (AvgIpc) is 3.01. The molecule has 0 amide bonds. The van der Waals surface area contributed by atoms with Crippen molar-refractivity contribution in [3.63, 3.8) is 0 Å². The van der Waals surface area contributed by atoms with E-state index in [0.717, 1.165) is 9.17 Å². The minimum absolute atomic E-state index is 0.312. The molecule has 2 N–H and O–H groups in total. The van der Waals surface area contributed by atoms with Crippen LogP contribution in [0.3, 0.4) is 0 Å². The van der Waals surface area contributed by atoms with Crippen molar-refractivity contribution in [2.75, 3.05) is 5.32 Å². The molecule has 8 heteroatoms. The van der Waals surface area contributed by atoms with E-state index in [9.17, 15) is 9.90 Å². The Balaban J connectivity index is 1.96. The van der Waals surface area contributed by atoms with Gasteiger partial charge in [-0.05, 0) is 40.5 Å². The minimum Gasteiger partial charge on any atom is -0.477 e. The predicted molar refractivity (Wildman–Crippen MR) is 88.5 cm³/mol. The number of carbonyl (C=O) groups is 1. The van der Waals surface area contributed by atoms with Gasteiger partial charge in [-0.2, -0.15) is 0 Å². The van der Waals surface area contributed by atoms with Crippen LogP contribution < -0.4 is 5.32 Å². The number of hydrogen-bond donors (Lipinski definition) is 2. The van der Waals surface area contributed by atoms with Crippen LogP contribution in [0, 0.1) is 6.92 Å². The molecule has 0 aliphatic heterocycles. The van der Waals surface area contributed by atoms with E-state index in [1.807, 2.05) is 12.1 Å². The molecule has 0 aliphatic carbocycles. The third-order valence-electron chi connectivity index (χ3n) is 2.98. The molecule has 0 atom stereocenters. The van der Waals surface area contributed by atoms with E-state index < -0.39 is 5.97 Å². The molecule has 0 saturated heterocycles. The third-order valence-corrected chi connectivity index (χ3v) is 5.79. The fourth-order valence-corrected chi connectivity index (χ4v) is 4.44. The van der Waals surface area contributed by atoms with Crippen LogP contribution in [0.25, 0.3) is 10.2 Å². The molecule has 3 aromatic heterocycles. The number of aromatic carboxylic acids is 1. The van der Waals surface area contributed by atoms with Crippen LogP contribution in [0.15, 0.2) is 22.2 Å². The standard InChI is InChI=1S/C13H10BrN3O2S2/c1-6-9-11(15-4-7-2-3-8(14)20-7)16-5-17-12(9)21-10(6)13(18)19/h2-3,5H,4H2,1H3,(H,18,19)(H,15,16,17). The maximum Gasteiger partial charge on any atom is 0.346 e. The van der Waals surface area contributed by atoms with Gasteiger partial charge in [-0.15, -0.1) is 22.7 Å². The van der Waals surface area contributed by atoms with Crippen LogP contribution in [0.1, 0.15) is 20.1 Å². The van der Waals surface area contributed by atoms with Gasteiger partial charge in [0.1, 0.15) is 21.9 Å². The molecule has 0 aliphatic rings. The highest BCUT2D eigenvalue weighted by Gasteiger charge is 2.18. The highest BCUT2D eigenvalue weighted by Crippen LogP contribution is 2.33. The highest BCUT2D eigenvalue weighted by atomic mass is 79.9. The van der Waals surface area contributed by atoms with Crippen LogP contribution in [0.5, 0.6) is 0 Å². The number of halogens is 1. The Kier molecular flexibility index (Phi) is 3.92. The normalized spacial score (nSPS) is 11.0. The second-order valence-electron chi connectivity index (χ2n) is 4.32. The SMILES string of the molecule is Cc1c(C(=O)O)sc2ncnc(NCc3ccc(Br)s3)c12. The molecular weight excluding hydrogens is 374 g/mol. The first-order valence-corrected chi connectivity index (χ1v) is 8.44. The van der Waals surface area contributed by atoms with Crippen molar-refractivity contribution in [1.82, 2.24) is 9.97 Å². The molecule has 3 heterocycles. The molecule has 3 rings (SSSR count). The molecule has 0 fully saturated rings. The predicted octanol–water partition coefficient (Wildman–Crippen LogP) is 4.13. The van der Waals surface area contributed by atoms with Crippen LogP contribution in [0.2, 0.25) is 0 Å². The summed E-state index contributed by atoms with van der Waals surface area (Å²) in [4.78, 5) is 21.8. The highest BCUT2D eigenvalue weighted by molar-refractivity contribution is 9.11. The molecule has 0 saturated carbocycles. The van der Waals surface area contributed by atoms with Gasteiger partial charge >= 0.3 is 5.97 Å². The first kappa shape index (κ1) is 14.4. The van der Waals surface area contributed by atoms with Gasteiger partial charge in [-0.25, -0.2) is 14.8 Å². The summed E-state index contributed by atoms with van der Waals surface area (Å²) in [7, 11) is 0. The number of carboxylic acid groups (broad SMARTS) is 1. The van der Waals surface area contributed by atoms with Gasteiger partial charge in [-0.1, -0.05) is 0 Å². The molecule has 108 valence electrons. The van der Waals surface area contributed by atoms with E-state index in [-0.39, 0.29) is 0 Å². The lowest BCUT2D eigenvalue weighted by Gasteiger charge is -2.05. The summed E-state index contributed by atoms with van der Waals surface area (Å²) in [5.74, 6) is -0.255. The zero-order valence-electron chi connectivity index (χ0n) is 10.9. The second-order valence-corrected chi connectivity index (χ2v) is 7.87. The summed E-state index contributed by atoms with van der Waals surface area (Å²) < 4.78 is 1.08. The number of hydrogen-bond acceptors (Lipinski definition) is 6.